The number of carbonyl (C=O) groups excluding carboxylic acids is 3. The third-order valence-corrected chi connectivity index (χ3v) is 32.2. The average Bonchev–Trinajstić information content (AvgIpc) is 1.72. The van der Waals surface area contributed by atoms with Crippen LogP contribution >= 0.6 is 34.0 Å². The molecule has 3 radical (unpaired) electrons. The van der Waals surface area contributed by atoms with Gasteiger partial charge in [0, 0.05) is 191 Å². The molecule has 6 aromatic heterocycles. The van der Waals surface area contributed by atoms with Crippen molar-refractivity contribution in [3.63, 3.8) is 0 Å². The fraction of sp³-hybridized carbons (Fsp3) is 0.496. The van der Waals surface area contributed by atoms with E-state index < -0.39 is 55.5 Å². The number of allylic oxidation sites excluding steroid dienone is 6. The van der Waals surface area contributed by atoms with Crippen molar-refractivity contribution in [1.29, 1.82) is 0 Å². The number of carbonyl (C=O) groups is 3. The van der Waals surface area contributed by atoms with E-state index in [0.717, 1.165) is 166 Å². The molecule has 27 heteroatoms. The van der Waals surface area contributed by atoms with Crippen LogP contribution in [0.15, 0.2) is 163 Å². The van der Waals surface area contributed by atoms with Crippen molar-refractivity contribution >= 4 is 114 Å². The molecule has 0 spiro atoms. The summed E-state index contributed by atoms with van der Waals surface area (Å²) in [5, 5.41) is 39.4. The summed E-state index contributed by atoms with van der Waals surface area (Å²) in [5.41, 5.74) is 10.7. The fourth-order valence-corrected chi connectivity index (χ4v) is 22.4. The van der Waals surface area contributed by atoms with Crippen LogP contribution in [0.2, 0.25) is 0 Å². The maximum Gasteiger partial charge on any atom is 0.454 e. The molecule has 0 aliphatic heterocycles. The number of ketones is 3. The van der Waals surface area contributed by atoms with Gasteiger partial charge in [-0.25, -0.2) is 0 Å². The van der Waals surface area contributed by atoms with Crippen molar-refractivity contribution in [3.05, 3.63) is 230 Å². The van der Waals surface area contributed by atoms with Gasteiger partial charge in [-0.3, -0.25) is 29.3 Å². The van der Waals surface area contributed by atoms with Gasteiger partial charge in [-0.2, -0.15) is 52.7 Å². The zero-order valence-electron chi connectivity index (χ0n) is 89.5. The molecule has 0 amide bonds. The summed E-state index contributed by atoms with van der Waals surface area (Å²) in [6.07, 6.45) is -5.06. The number of hydrogen-bond acceptors (Lipinski definition) is 12. The Balaban J connectivity index is 0.000000313. The summed E-state index contributed by atoms with van der Waals surface area (Å²) < 4.78 is 154. The molecule has 1 aliphatic carbocycles. The monoisotopic (exact) mass is 2620 g/mol. The van der Waals surface area contributed by atoms with Crippen molar-refractivity contribution in [2.75, 3.05) is 0 Å². The number of fused-ring (bicyclic) bond motifs is 6. The van der Waals surface area contributed by atoms with Crippen LogP contribution in [0.1, 0.15) is 292 Å². The number of aliphatic hydroxyl groups excluding tert-OH is 3. The Morgan fingerprint density at radius 3 is 0.959 bits per heavy atom. The van der Waals surface area contributed by atoms with Gasteiger partial charge in [0.15, 0.2) is 11.6 Å². The first-order valence-corrected chi connectivity index (χ1v) is 52.2. The van der Waals surface area contributed by atoms with Gasteiger partial charge in [0.25, 0.3) is 5.78 Å². The van der Waals surface area contributed by atoms with Crippen molar-refractivity contribution < 1.29 is 143 Å². The molecule has 13 rings (SSSR count). The molecule has 1 aliphatic rings. The van der Waals surface area contributed by atoms with Gasteiger partial charge in [0.2, 0.25) is 0 Å². The minimum Gasteiger partial charge on any atom is -0.512 e. The Morgan fingerprint density at radius 1 is 0.411 bits per heavy atom. The van der Waals surface area contributed by atoms with E-state index in [-0.39, 0.29) is 153 Å². The summed E-state index contributed by atoms with van der Waals surface area (Å²) in [5.74, 6) is -0.811. The number of alkyl halides is 12. The Hall–Kier alpha value is -7.83. The number of hydrogen-bond donors (Lipinski definition) is 3. The number of aromatic nitrogens is 3. The third kappa shape index (κ3) is 34.3. The molecular weight excluding hydrogens is 2470 g/mol. The van der Waals surface area contributed by atoms with Crippen LogP contribution in [-0.2, 0) is 110 Å². The number of nitrogens with zero attached hydrogens (tertiary/aromatic N) is 3. The van der Waals surface area contributed by atoms with E-state index in [9.17, 15) is 82.4 Å². The van der Waals surface area contributed by atoms with Gasteiger partial charge >= 0.3 is 24.7 Å². The van der Waals surface area contributed by atoms with Gasteiger partial charge in [-0.15, -0.1) is 121 Å². The molecule has 1 saturated carbocycles. The van der Waals surface area contributed by atoms with Gasteiger partial charge in [0.1, 0.15) is 5.76 Å². The van der Waals surface area contributed by atoms with Crippen molar-refractivity contribution in [1.82, 2.24) is 15.0 Å². The maximum atomic E-state index is 12.8. The first-order chi connectivity index (χ1) is 66.1. The number of thiophene rings is 3. The molecular formula is C119H146F12Ir3N3O6S3-3. The summed E-state index contributed by atoms with van der Waals surface area (Å²) in [7, 11) is 0. The molecule has 805 valence electrons. The summed E-state index contributed by atoms with van der Waals surface area (Å²) in [6.45, 7) is 58.2. The third-order valence-electron chi connectivity index (χ3n) is 28.0. The zero-order chi connectivity index (χ0) is 107. The molecule has 9 nitrogen and oxygen atoms in total. The molecule has 1 fully saturated rings. The molecule has 6 heterocycles. The normalized spacial score (nSPS) is 13.9. The molecule has 0 saturated heterocycles. The van der Waals surface area contributed by atoms with Crippen molar-refractivity contribution in [2.24, 2.45) is 57.7 Å². The van der Waals surface area contributed by atoms with Crippen LogP contribution in [0.5, 0.6) is 0 Å². The number of halogens is 12. The number of aliphatic hydroxyl groups is 3. The quantitative estimate of drug-likeness (QED) is 0.0220. The van der Waals surface area contributed by atoms with Gasteiger partial charge in [-0.1, -0.05) is 261 Å². The SMILES string of the molecule is CC(C)C(C(=O)C=C(O)C(C(C)C)C(C)C)C(C)C.CC1(C)CCC(C(O)=CC(=O)C(F)(F)F)CC1.CCC(C)(CC)C(=O)C=C(O)C(C)(CC)CC.Cc1c(CCC(F)(F)F)sc2c(-c3[c-]c4ccccc4c(C(C)(C)C)c3)nccc12.Cc1c(CCC(F)(F)F)sc2c(-c3[c-]c4ccccc4c(C(C)(C)C)c3)nccc12.Cc1c(CCC(F)(F)F)sc2c(-c3[c-]c4ccccc4c(C(C)(C)C)c3)nccc12.[Ir].[Ir].[Ir]. The van der Waals surface area contributed by atoms with Crippen LogP contribution in [0.3, 0.4) is 0 Å². The zero-order valence-corrected chi connectivity index (χ0v) is 99.1. The predicted octanol–water partition coefficient (Wildman–Crippen LogP) is 37.3. The maximum absolute atomic E-state index is 12.8. The summed E-state index contributed by atoms with van der Waals surface area (Å²) in [4.78, 5) is 51.4. The van der Waals surface area contributed by atoms with Crippen LogP contribution in [-0.4, -0.2) is 72.3 Å². The fourth-order valence-electron chi connectivity index (χ4n) is 18.5. The second-order valence-electron chi connectivity index (χ2n) is 43.9. The van der Waals surface area contributed by atoms with E-state index in [0.29, 0.717) is 42.6 Å². The number of pyridine rings is 3. The molecule has 12 aromatic rings. The standard InChI is InChI=1S/3C25H23F3NS.C17H32O2.C15H28O2.C12H17F3O2.3Ir/c3*1-15-18-10-12-29-22(23(18)30-21(15)9-11-25(26,27)28)17-13-16-7-5-6-8-19(16)20(14-17)24(2,3)4;1-10(2)16(11(3)4)14(18)9-15(19)17(12(5)6)13(7)8;1-7-14(5,8-2)12(16)11-13(17)15(6,9-3)10-4;1-11(2)5-3-8(4-6-11)9(16)7-10(17)12(13,14)15;;;/h3*5-8,10,12,14H,9,11H2,1-4H3;9-13,16-18H,1-8H3;11,16H,7-10H2,1-6H3;7-8,16H,3-6H2,1-2H3;;;/q3*-1;;;;;;. The number of benzene rings is 6. The minimum absolute atomic E-state index is 0. The Morgan fingerprint density at radius 2 is 0.699 bits per heavy atom. The van der Waals surface area contributed by atoms with E-state index in [1.807, 2.05) is 135 Å². The number of rotatable bonds is 25. The van der Waals surface area contributed by atoms with E-state index in [1.165, 1.54) is 62.9 Å². The summed E-state index contributed by atoms with van der Waals surface area (Å²) in [6, 6.07) is 47.1. The molecule has 0 bridgehead atoms. The number of aryl methyl sites for hydroxylation is 6. The molecule has 0 atom stereocenters. The van der Waals surface area contributed by atoms with Crippen LogP contribution in [0.25, 0.3) is 96.3 Å². The van der Waals surface area contributed by atoms with Crippen LogP contribution < -0.4 is 0 Å². The summed E-state index contributed by atoms with van der Waals surface area (Å²) >= 11 is 4.27. The molecule has 0 unspecified atom stereocenters. The second-order valence-corrected chi connectivity index (χ2v) is 47.2. The Kier molecular flexibility index (Phi) is 46.6. The molecule has 3 N–H and O–H groups in total. The topological polar surface area (TPSA) is 151 Å². The molecule has 146 heavy (non-hydrogen) atoms. The van der Waals surface area contributed by atoms with E-state index >= 15 is 0 Å². The van der Waals surface area contributed by atoms with Crippen LogP contribution in [0, 0.1) is 96.6 Å². The molecule has 6 aromatic carbocycles. The van der Waals surface area contributed by atoms with Crippen LogP contribution in [0.4, 0.5) is 52.7 Å². The average molecular weight is 2620 g/mol. The smallest absolute Gasteiger partial charge is 0.454 e. The largest absolute Gasteiger partial charge is 0.512 e. The second kappa shape index (κ2) is 52.9. The van der Waals surface area contributed by atoms with Gasteiger partial charge < -0.3 is 15.3 Å². The Labute approximate surface area is 909 Å². The van der Waals surface area contributed by atoms with E-state index in [1.54, 1.807) is 18.6 Å². The van der Waals surface area contributed by atoms with Gasteiger partial charge in [-0.05, 0) is 188 Å². The van der Waals surface area contributed by atoms with E-state index in [4.69, 9.17) is 0 Å². The Bertz CT molecular complexity index is 6010. The van der Waals surface area contributed by atoms with Crippen molar-refractivity contribution in [3.8, 4) is 33.8 Å². The van der Waals surface area contributed by atoms with E-state index in [2.05, 4.69) is 201 Å². The predicted molar refractivity (Wildman–Crippen MR) is 570 cm³/mol. The minimum atomic E-state index is -4.90. The van der Waals surface area contributed by atoms with Gasteiger partial charge in [0.05, 0.1) is 11.5 Å². The van der Waals surface area contributed by atoms with Crippen molar-refractivity contribution in [2.45, 2.75) is 325 Å². The first kappa shape index (κ1) is 129. The first-order valence-electron chi connectivity index (χ1n) is 49.7.